The van der Waals surface area contributed by atoms with Crippen LogP contribution in [0.1, 0.15) is 56.1 Å². The second kappa shape index (κ2) is 16.2. The highest BCUT2D eigenvalue weighted by Crippen LogP contribution is 2.67. The van der Waals surface area contributed by atoms with Crippen molar-refractivity contribution in [2.75, 3.05) is 26.6 Å². The molecule has 2 saturated carbocycles. The Hall–Kier alpha value is -4.09. The van der Waals surface area contributed by atoms with Crippen LogP contribution in [0.25, 0.3) is 0 Å². The molecule has 5 N–H and O–H groups in total. The molecule has 0 unspecified atom stereocenters. The van der Waals surface area contributed by atoms with E-state index in [2.05, 4.69) is 20.0 Å². The fourth-order valence-electron chi connectivity index (χ4n) is 7.95. The van der Waals surface area contributed by atoms with Gasteiger partial charge in [-0.05, 0) is 72.5 Å². The summed E-state index contributed by atoms with van der Waals surface area (Å²) < 4.78 is 70.3. The fraction of sp³-hybridized carbons (Fsp3) is 0.350. The summed E-state index contributed by atoms with van der Waals surface area (Å²) in [5.74, 6) is -2.72. The maximum absolute atomic E-state index is 14.8. The number of aliphatic hydroxyl groups excluding tert-OH is 1. The van der Waals surface area contributed by atoms with Gasteiger partial charge < -0.3 is 16.6 Å². The van der Waals surface area contributed by atoms with Crippen molar-refractivity contribution < 1.29 is 36.6 Å². The Balaban J connectivity index is 0.000000177. The van der Waals surface area contributed by atoms with Crippen molar-refractivity contribution in [1.82, 2.24) is 9.97 Å². The van der Waals surface area contributed by atoms with E-state index in [1.54, 1.807) is 12.1 Å². The van der Waals surface area contributed by atoms with Gasteiger partial charge in [0, 0.05) is 48.2 Å². The number of benzene rings is 2. The molecule has 2 aromatic carbocycles. The molecule has 0 radical (unpaired) electrons. The number of thioether (sulfide) groups is 2. The zero-order valence-corrected chi connectivity index (χ0v) is 33.6. The molecule has 6 atom stereocenters. The number of aliphatic hydroxyl groups is 1. The van der Waals surface area contributed by atoms with E-state index >= 15 is 0 Å². The Morgan fingerprint density at radius 3 is 1.52 bits per heavy atom. The van der Waals surface area contributed by atoms with E-state index in [0.29, 0.717) is 34.0 Å². The minimum atomic E-state index is -1.58. The van der Waals surface area contributed by atoms with Gasteiger partial charge in [0.2, 0.25) is 0 Å². The lowest BCUT2D eigenvalue weighted by atomic mass is 9.83. The monoisotopic (exact) mass is 876 g/mol. The number of fused-ring (bicyclic) bond motifs is 2. The molecule has 0 amide bonds. The van der Waals surface area contributed by atoms with E-state index in [-0.39, 0.29) is 69.8 Å². The minimum absolute atomic E-state index is 0.00191. The number of nitrogens with two attached hydrogens (primary N) is 2. The number of nitrogens with zero attached hydrogens (tertiary/aromatic N) is 4. The molecular weight excluding hydrogens is 843 g/mol. The summed E-state index contributed by atoms with van der Waals surface area (Å²) in [5, 5.41) is 10.7. The van der Waals surface area contributed by atoms with Crippen molar-refractivity contribution in [3.63, 3.8) is 0 Å². The number of rotatable bonds is 12. The highest BCUT2D eigenvalue weighted by Gasteiger charge is 2.69. The first-order valence-electron chi connectivity index (χ1n) is 17.9. The van der Waals surface area contributed by atoms with Crippen LogP contribution in [0.4, 0.5) is 22.0 Å². The van der Waals surface area contributed by atoms with E-state index in [1.807, 2.05) is 0 Å². The van der Waals surface area contributed by atoms with Crippen molar-refractivity contribution in [2.45, 2.75) is 46.3 Å². The number of hydrogen-bond donors (Lipinski definition) is 3. The van der Waals surface area contributed by atoms with Gasteiger partial charge in [-0.15, -0.1) is 0 Å². The Bertz CT molecular complexity index is 2170. The molecule has 0 bridgehead atoms. The van der Waals surface area contributed by atoms with Crippen LogP contribution in [0, 0.1) is 23.5 Å². The van der Waals surface area contributed by atoms with Gasteiger partial charge in [-0.3, -0.25) is 19.6 Å². The molecule has 4 heterocycles. The SMILES string of the molecule is NC1=N[C@](CF)(c2cc(CC(=O)c3ccc(Cl)cn3)ccc2F)[C@@H]2C[C@]2(CF)S1.NC1=N[C@](CF)(c2cc(CC(=O)c3ccc(Cl)cn3)ccc2F)[C@@H]2C[C@]2(CO)S1. The summed E-state index contributed by atoms with van der Waals surface area (Å²) in [6.45, 7) is -2.84. The lowest BCUT2D eigenvalue weighted by Crippen LogP contribution is -2.41. The van der Waals surface area contributed by atoms with Crippen molar-refractivity contribution in [2.24, 2.45) is 33.3 Å². The first kappa shape index (κ1) is 42.0. The number of Topliss-reactive ketones (excluding diaryl/α,β-unsaturated/α-hetero) is 2. The Morgan fingerprint density at radius 2 is 1.12 bits per heavy atom. The molecule has 4 aromatic rings. The molecule has 58 heavy (non-hydrogen) atoms. The molecule has 0 spiro atoms. The second-order valence-electron chi connectivity index (χ2n) is 14.7. The zero-order valence-electron chi connectivity index (χ0n) is 30.4. The van der Waals surface area contributed by atoms with Crippen molar-refractivity contribution in [3.8, 4) is 0 Å². The lowest BCUT2D eigenvalue weighted by Gasteiger charge is -2.34. The summed E-state index contributed by atoms with van der Waals surface area (Å²) >= 11 is 13.9. The molecule has 2 aliphatic heterocycles. The van der Waals surface area contributed by atoms with E-state index in [9.17, 15) is 36.6 Å². The molecular formula is C40H35Cl2F5N6O3S2. The van der Waals surface area contributed by atoms with E-state index < -0.39 is 58.1 Å². The van der Waals surface area contributed by atoms with Gasteiger partial charge in [0.25, 0.3) is 0 Å². The summed E-state index contributed by atoms with van der Waals surface area (Å²) in [5.41, 5.74) is 10.2. The third kappa shape index (κ3) is 7.73. The number of aromatic nitrogens is 2. The third-order valence-corrected chi connectivity index (χ3v) is 14.1. The van der Waals surface area contributed by atoms with E-state index in [4.69, 9.17) is 34.7 Å². The van der Waals surface area contributed by atoms with Gasteiger partial charge in [0.15, 0.2) is 21.9 Å². The topological polar surface area (TPSA) is 157 Å². The van der Waals surface area contributed by atoms with Gasteiger partial charge in [-0.25, -0.2) is 31.9 Å². The lowest BCUT2D eigenvalue weighted by molar-refractivity contribution is 0.0980. The first-order valence-corrected chi connectivity index (χ1v) is 20.3. The van der Waals surface area contributed by atoms with Gasteiger partial charge in [0.1, 0.15) is 54.1 Å². The summed E-state index contributed by atoms with van der Waals surface area (Å²) in [7, 11) is 0. The van der Waals surface area contributed by atoms with Crippen LogP contribution in [0.15, 0.2) is 83.0 Å². The second-order valence-corrected chi connectivity index (χ2v) is 18.5. The predicted octanol–water partition coefficient (Wildman–Crippen LogP) is 7.53. The molecule has 2 fully saturated rings. The molecule has 9 nitrogen and oxygen atoms in total. The van der Waals surface area contributed by atoms with E-state index in [0.717, 1.165) is 11.8 Å². The number of halogens is 7. The average Bonchev–Trinajstić information content (AvgIpc) is 4.14. The molecule has 8 rings (SSSR count). The zero-order chi connectivity index (χ0) is 41.6. The number of carbonyl (C=O) groups excluding carboxylic acids is 2. The van der Waals surface area contributed by atoms with Crippen molar-refractivity contribution >= 4 is 68.6 Å². The minimum Gasteiger partial charge on any atom is -0.395 e. The summed E-state index contributed by atoms with van der Waals surface area (Å²) in [4.78, 5) is 41.5. The standard InChI is InChI=1S/C20H17ClF3N3OS.C20H18ClF2N3O2S/c21-12-2-4-15(26-8-12)16(28)6-11-1-3-14(24)13(5-11)20(10-23)17-7-19(17,9-22)29-18(25)27-20;21-12-2-4-15(25-8-12)16(28)6-11-1-3-14(23)13(5-11)20(9-22)17-7-19(17,10-27)29-18(24)26-20/h1-5,8,17H,6-7,9-10H2,(H2,25,27);1-5,8,17,27H,6-7,9-10H2,(H2,24,26)/t2*17-,19-,20-/m11/s1. The van der Waals surface area contributed by atoms with Crippen LogP contribution < -0.4 is 11.5 Å². The first-order chi connectivity index (χ1) is 27.7. The molecule has 4 aliphatic rings. The number of pyridine rings is 2. The Labute approximate surface area is 348 Å². The van der Waals surface area contributed by atoms with Crippen LogP contribution in [0.2, 0.25) is 10.0 Å². The molecule has 0 saturated heterocycles. The van der Waals surface area contributed by atoms with Crippen LogP contribution >= 0.6 is 46.7 Å². The average molecular weight is 878 g/mol. The molecule has 18 heteroatoms. The van der Waals surface area contributed by atoms with Gasteiger partial charge in [0.05, 0.1) is 26.1 Å². The molecule has 2 aromatic heterocycles. The van der Waals surface area contributed by atoms with Crippen LogP contribution in [-0.2, 0) is 23.9 Å². The third-order valence-electron chi connectivity index (χ3n) is 11.1. The molecule has 2 aliphatic carbocycles. The van der Waals surface area contributed by atoms with E-state index in [1.165, 1.54) is 72.7 Å². The van der Waals surface area contributed by atoms with Crippen molar-refractivity contribution in [1.29, 1.82) is 0 Å². The predicted molar refractivity (Wildman–Crippen MR) is 216 cm³/mol. The molecule has 304 valence electrons. The number of amidine groups is 2. The van der Waals surface area contributed by atoms with Crippen LogP contribution in [0.3, 0.4) is 0 Å². The quantitative estimate of drug-likeness (QED) is 0.0968. The van der Waals surface area contributed by atoms with Gasteiger partial charge in [-0.1, -0.05) is 58.9 Å². The Kier molecular flexibility index (Phi) is 11.7. The smallest absolute Gasteiger partial charge is 0.185 e. The highest BCUT2D eigenvalue weighted by atomic mass is 35.5. The largest absolute Gasteiger partial charge is 0.395 e. The maximum Gasteiger partial charge on any atom is 0.185 e. The van der Waals surface area contributed by atoms with Crippen LogP contribution in [0.5, 0.6) is 0 Å². The normalized spacial score (nSPS) is 27.9. The van der Waals surface area contributed by atoms with Gasteiger partial charge >= 0.3 is 0 Å². The number of hydrogen-bond acceptors (Lipinski definition) is 11. The maximum atomic E-state index is 14.8. The van der Waals surface area contributed by atoms with Gasteiger partial charge in [-0.2, -0.15) is 0 Å². The number of alkyl halides is 3. The highest BCUT2D eigenvalue weighted by molar-refractivity contribution is 8.15. The number of ketones is 2. The fourth-order valence-corrected chi connectivity index (χ4v) is 10.7. The van der Waals surface area contributed by atoms with Crippen molar-refractivity contribution in [3.05, 3.63) is 128 Å². The Morgan fingerprint density at radius 1 is 0.690 bits per heavy atom. The summed E-state index contributed by atoms with van der Waals surface area (Å²) in [6.07, 6.45) is 3.50. The number of aliphatic imine (C=N–C) groups is 2. The summed E-state index contributed by atoms with van der Waals surface area (Å²) in [6, 6.07) is 14.4. The number of carbonyl (C=O) groups is 2. The van der Waals surface area contributed by atoms with Crippen LogP contribution in [-0.4, -0.2) is 73.1 Å².